The predicted molar refractivity (Wildman–Crippen MR) is 132 cm³/mol. The molecule has 35 heavy (non-hydrogen) atoms. The van der Waals surface area contributed by atoms with Crippen molar-refractivity contribution < 1.29 is 14.3 Å². The van der Waals surface area contributed by atoms with E-state index >= 15 is 0 Å². The molecule has 0 aliphatic rings. The normalized spacial score (nSPS) is 10.4. The number of halogens is 3. The van der Waals surface area contributed by atoms with Crippen LogP contribution in [0.25, 0.3) is 0 Å². The van der Waals surface area contributed by atoms with Gasteiger partial charge in [-0.3, -0.25) is 9.36 Å². The highest BCUT2D eigenvalue weighted by molar-refractivity contribution is 6.40. The molecule has 184 valence electrons. The Kier molecular flexibility index (Phi) is 9.71. The second-order valence-electron chi connectivity index (χ2n) is 6.99. The van der Waals surface area contributed by atoms with Crippen LogP contribution in [-0.2, 0) is 0 Å². The number of aromatic amines is 2. The maximum absolute atomic E-state index is 12.3. The number of amides is 1. The lowest BCUT2D eigenvalue weighted by molar-refractivity contribution is 0.102. The summed E-state index contributed by atoms with van der Waals surface area (Å²) in [4.78, 5) is 42.3. The number of hydrogen-bond acceptors (Lipinski definition) is 6. The molecular weight excluding hydrogens is 517 g/mol. The van der Waals surface area contributed by atoms with Gasteiger partial charge < -0.3 is 19.6 Å². The van der Waals surface area contributed by atoms with Gasteiger partial charge in [0.1, 0.15) is 12.9 Å². The number of benzene rings is 1. The summed E-state index contributed by atoms with van der Waals surface area (Å²) in [5, 5.41) is 1.12. The number of nitrogens with one attached hydrogen (secondary N) is 2. The minimum atomic E-state index is -0.231. The molecule has 0 saturated heterocycles. The molecule has 0 aliphatic heterocycles. The van der Waals surface area contributed by atoms with Gasteiger partial charge in [0.05, 0.1) is 16.6 Å². The van der Waals surface area contributed by atoms with Crippen molar-refractivity contribution in [2.75, 3.05) is 19.7 Å². The van der Waals surface area contributed by atoms with Crippen LogP contribution in [0.2, 0.25) is 15.1 Å². The van der Waals surface area contributed by atoms with Crippen LogP contribution in [0.5, 0.6) is 5.75 Å². The van der Waals surface area contributed by atoms with Crippen molar-refractivity contribution in [3.63, 3.8) is 0 Å². The summed E-state index contributed by atoms with van der Waals surface area (Å²) >= 11 is 18.0. The lowest BCUT2D eigenvalue weighted by atomic mass is 10.3. The summed E-state index contributed by atoms with van der Waals surface area (Å²) in [7, 11) is 0. The van der Waals surface area contributed by atoms with E-state index in [2.05, 4.69) is 24.9 Å². The fourth-order valence-corrected chi connectivity index (χ4v) is 3.85. The molecule has 3 aromatic heterocycles. The van der Waals surface area contributed by atoms with E-state index in [1.807, 2.05) is 6.92 Å². The number of H-pyrrole nitrogens is 2. The Hall–Kier alpha value is -3.34. The van der Waals surface area contributed by atoms with Gasteiger partial charge in [-0.2, -0.15) is 0 Å². The lowest BCUT2D eigenvalue weighted by Gasteiger charge is -2.22. The summed E-state index contributed by atoms with van der Waals surface area (Å²) < 4.78 is 7.05. The Morgan fingerprint density at radius 1 is 1.00 bits per heavy atom. The predicted octanol–water partition coefficient (Wildman–Crippen LogP) is 4.97. The van der Waals surface area contributed by atoms with Gasteiger partial charge in [-0.1, -0.05) is 41.7 Å². The zero-order chi connectivity index (χ0) is 25.2. The fraction of sp³-hybridized carbons (Fsp3) is 0.227. The second kappa shape index (κ2) is 12.9. The van der Waals surface area contributed by atoms with Crippen molar-refractivity contribution in [1.29, 1.82) is 0 Å². The van der Waals surface area contributed by atoms with Gasteiger partial charge in [-0.15, -0.1) is 0 Å². The van der Waals surface area contributed by atoms with E-state index in [9.17, 15) is 9.59 Å². The number of ketones is 1. The number of carbonyl (C=O) groups excluding carboxylic acids is 2. The van der Waals surface area contributed by atoms with Crippen molar-refractivity contribution in [3.05, 3.63) is 82.4 Å². The van der Waals surface area contributed by atoms with Gasteiger partial charge in [0, 0.05) is 48.7 Å². The summed E-state index contributed by atoms with van der Waals surface area (Å²) in [5.74, 6) is 0.726. The highest BCUT2D eigenvalue weighted by Gasteiger charge is 2.16. The largest absolute Gasteiger partial charge is 0.489 e. The van der Waals surface area contributed by atoms with E-state index in [1.165, 1.54) is 23.3 Å². The molecule has 0 radical (unpaired) electrons. The van der Waals surface area contributed by atoms with Gasteiger partial charge in [0.15, 0.2) is 17.4 Å². The van der Waals surface area contributed by atoms with Gasteiger partial charge in [0.2, 0.25) is 0 Å². The fourth-order valence-electron chi connectivity index (χ4n) is 2.92. The Morgan fingerprint density at radius 3 is 2.11 bits per heavy atom. The maximum Gasteiger partial charge on any atom is 0.329 e. The average Bonchev–Trinajstić information content (AvgIpc) is 3.63. The molecule has 0 atom stereocenters. The molecule has 0 bridgehead atoms. The standard InChI is InChI=1S/C15H16Cl3N3O2.C7H6N4O/c1-2-4-20(15(22)21-5-3-19-10-21)6-7-23-14-12(17)8-11(16)9-13(14)18;12-5(6-8-1-2-9-6)7-10-3-4-11-7/h3,5,8-10H,2,4,6-7H2,1H3;1-4H,(H,8,9)(H,10,11). The van der Waals surface area contributed by atoms with E-state index in [4.69, 9.17) is 39.5 Å². The van der Waals surface area contributed by atoms with Gasteiger partial charge in [-0.25, -0.2) is 19.7 Å². The minimum Gasteiger partial charge on any atom is -0.489 e. The smallest absolute Gasteiger partial charge is 0.329 e. The molecule has 13 heteroatoms. The number of rotatable bonds is 8. The number of hydrogen-bond donors (Lipinski definition) is 2. The summed E-state index contributed by atoms with van der Waals surface area (Å²) in [6.45, 7) is 3.28. The van der Waals surface area contributed by atoms with Crippen LogP contribution in [0.1, 0.15) is 29.8 Å². The molecule has 1 amide bonds. The number of imidazole rings is 3. The van der Waals surface area contributed by atoms with Crippen LogP contribution in [-0.4, -0.2) is 65.9 Å². The van der Waals surface area contributed by atoms with Crippen molar-refractivity contribution >= 4 is 46.6 Å². The highest BCUT2D eigenvalue weighted by atomic mass is 35.5. The third-order valence-corrected chi connectivity index (χ3v) is 5.27. The lowest BCUT2D eigenvalue weighted by Crippen LogP contribution is -2.37. The zero-order valence-electron chi connectivity index (χ0n) is 18.6. The average molecular weight is 539 g/mol. The minimum absolute atomic E-state index is 0.152. The van der Waals surface area contributed by atoms with E-state index < -0.39 is 0 Å². The molecule has 3 heterocycles. The Labute approximate surface area is 216 Å². The molecule has 2 N–H and O–H groups in total. The number of aromatic nitrogens is 6. The van der Waals surface area contributed by atoms with Crippen LogP contribution >= 0.6 is 34.8 Å². The molecule has 0 spiro atoms. The molecule has 0 aliphatic carbocycles. The Bertz CT molecular complexity index is 1150. The molecule has 0 unspecified atom stereocenters. The highest BCUT2D eigenvalue weighted by Crippen LogP contribution is 2.35. The van der Waals surface area contributed by atoms with Gasteiger partial charge >= 0.3 is 6.03 Å². The molecule has 4 rings (SSSR count). The van der Waals surface area contributed by atoms with Crippen LogP contribution in [0.15, 0.2) is 55.6 Å². The van der Waals surface area contributed by atoms with Crippen molar-refractivity contribution in [1.82, 2.24) is 34.4 Å². The van der Waals surface area contributed by atoms with Crippen LogP contribution in [0.4, 0.5) is 4.79 Å². The first-order chi connectivity index (χ1) is 16.9. The number of ether oxygens (including phenoxy) is 1. The van der Waals surface area contributed by atoms with Crippen molar-refractivity contribution in [3.8, 4) is 5.75 Å². The molecule has 0 fully saturated rings. The summed E-state index contributed by atoms with van der Waals surface area (Å²) in [6.07, 6.45) is 11.7. The van der Waals surface area contributed by atoms with E-state index in [0.29, 0.717) is 45.6 Å². The topological polar surface area (TPSA) is 122 Å². The number of nitrogens with zero attached hydrogens (tertiary/aromatic N) is 5. The van der Waals surface area contributed by atoms with Crippen LogP contribution < -0.4 is 4.74 Å². The SMILES string of the molecule is CCCN(CCOc1c(Cl)cc(Cl)cc1Cl)C(=O)n1ccnc1.O=C(c1ncc[nH]1)c1ncc[nH]1. The molecule has 1 aromatic carbocycles. The third-order valence-electron chi connectivity index (χ3n) is 4.49. The van der Waals surface area contributed by atoms with Gasteiger partial charge in [0.25, 0.3) is 5.78 Å². The van der Waals surface area contributed by atoms with E-state index in [0.717, 1.165) is 6.42 Å². The molecule has 4 aromatic rings. The van der Waals surface area contributed by atoms with Crippen LogP contribution in [0, 0.1) is 0 Å². The second-order valence-corrected chi connectivity index (χ2v) is 8.24. The molecule has 0 saturated carbocycles. The summed E-state index contributed by atoms with van der Waals surface area (Å²) in [6, 6.07) is 2.97. The third kappa shape index (κ3) is 7.32. The number of carbonyl (C=O) groups is 2. The monoisotopic (exact) mass is 537 g/mol. The van der Waals surface area contributed by atoms with Crippen molar-refractivity contribution in [2.45, 2.75) is 13.3 Å². The first kappa shape index (κ1) is 26.3. The molecular formula is C22H22Cl3N7O3. The summed E-state index contributed by atoms with van der Waals surface area (Å²) in [5.41, 5.74) is 0. The maximum atomic E-state index is 12.3. The first-order valence-electron chi connectivity index (χ1n) is 10.5. The quantitative estimate of drug-likeness (QED) is 0.306. The van der Waals surface area contributed by atoms with Gasteiger partial charge in [-0.05, 0) is 18.6 Å². The van der Waals surface area contributed by atoms with Crippen molar-refractivity contribution in [2.24, 2.45) is 0 Å². The van der Waals surface area contributed by atoms with E-state index in [-0.39, 0.29) is 18.4 Å². The molecule has 10 nitrogen and oxygen atoms in total. The Balaban J connectivity index is 0.000000237. The Morgan fingerprint density at radius 2 is 1.63 bits per heavy atom. The van der Waals surface area contributed by atoms with Crippen LogP contribution in [0.3, 0.4) is 0 Å². The van der Waals surface area contributed by atoms with E-state index in [1.54, 1.807) is 41.8 Å². The first-order valence-corrected chi connectivity index (χ1v) is 11.6. The zero-order valence-corrected chi connectivity index (χ0v) is 20.9.